The lowest BCUT2D eigenvalue weighted by atomic mass is 9.99. The van der Waals surface area contributed by atoms with Gasteiger partial charge in [-0.2, -0.15) is 0 Å². The van der Waals surface area contributed by atoms with Gasteiger partial charge in [-0.1, -0.05) is 61.7 Å². The van der Waals surface area contributed by atoms with Crippen molar-refractivity contribution < 1.29 is 9.53 Å². The zero-order valence-corrected chi connectivity index (χ0v) is 10.5. The van der Waals surface area contributed by atoms with Gasteiger partial charge in [0.1, 0.15) is 0 Å². The van der Waals surface area contributed by atoms with Gasteiger partial charge in [0.05, 0.1) is 11.8 Å². The summed E-state index contributed by atoms with van der Waals surface area (Å²) in [6, 6.07) is 15.2. The lowest BCUT2D eigenvalue weighted by Crippen LogP contribution is -2.02. The molecule has 0 spiro atoms. The molecule has 0 saturated carbocycles. The highest BCUT2D eigenvalue weighted by molar-refractivity contribution is 5.97. The normalized spacial score (nSPS) is 9.68. The van der Waals surface area contributed by atoms with Crippen molar-refractivity contribution in [2.75, 3.05) is 0 Å². The lowest BCUT2D eigenvalue weighted by molar-refractivity contribution is 0.0665. The van der Waals surface area contributed by atoms with Gasteiger partial charge in [0, 0.05) is 0 Å². The summed E-state index contributed by atoms with van der Waals surface area (Å²) < 4.78 is 4.84. The van der Waals surface area contributed by atoms with E-state index in [1.807, 2.05) is 36.4 Å². The molecule has 0 saturated heterocycles. The van der Waals surface area contributed by atoms with Crippen molar-refractivity contribution >= 4 is 12.0 Å². The van der Waals surface area contributed by atoms with Crippen molar-refractivity contribution in [2.24, 2.45) is 0 Å². The molecule has 0 heterocycles. The third kappa shape index (κ3) is 2.80. The van der Waals surface area contributed by atoms with Gasteiger partial charge in [-0.15, -0.1) is 0 Å². The van der Waals surface area contributed by atoms with Gasteiger partial charge in [0.15, 0.2) is 0 Å². The number of esters is 1. The summed E-state index contributed by atoms with van der Waals surface area (Å²) in [5.74, 6) is -0.404. The van der Waals surface area contributed by atoms with Gasteiger partial charge in [-0.25, -0.2) is 4.79 Å². The molecular formula is C17H14O2. The SMILES string of the molecule is C=COC(=O)c1ccccc1-c1ccc(C=C)cc1. The zero-order valence-electron chi connectivity index (χ0n) is 10.5. The standard InChI is InChI=1S/C17H14O2/c1-3-13-9-11-14(12-10-13)15-7-5-6-8-16(15)17(18)19-4-2/h3-12H,1-2H2. The highest BCUT2D eigenvalue weighted by Gasteiger charge is 2.12. The number of carbonyl (C=O) groups excluding carboxylic acids is 1. The predicted molar refractivity (Wildman–Crippen MR) is 77.6 cm³/mol. The van der Waals surface area contributed by atoms with Gasteiger partial charge in [0.2, 0.25) is 0 Å². The summed E-state index contributed by atoms with van der Waals surface area (Å²) in [5, 5.41) is 0. The van der Waals surface area contributed by atoms with E-state index in [1.54, 1.807) is 18.2 Å². The number of ether oxygens (including phenoxy) is 1. The van der Waals surface area contributed by atoms with Crippen LogP contribution in [0.4, 0.5) is 0 Å². The minimum absolute atomic E-state index is 0.404. The number of carbonyl (C=O) groups is 1. The van der Waals surface area contributed by atoms with Crippen LogP contribution in [0.15, 0.2) is 68.0 Å². The first kappa shape index (κ1) is 12.8. The average Bonchev–Trinajstić information content (AvgIpc) is 2.47. The van der Waals surface area contributed by atoms with Crippen LogP contribution in [0.5, 0.6) is 0 Å². The first-order valence-corrected chi connectivity index (χ1v) is 5.90. The van der Waals surface area contributed by atoms with E-state index < -0.39 is 5.97 Å². The van der Waals surface area contributed by atoms with E-state index in [4.69, 9.17) is 4.74 Å². The lowest BCUT2D eigenvalue weighted by Gasteiger charge is -2.08. The molecule has 2 aromatic carbocycles. The van der Waals surface area contributed by atoms with Gasteiger partial charge < -0.3 is 4.74 Å². The molecule has 0 radical (unpaired) electrons. The average molecular weight is 250 g/mol. The van der Waals surface area contributed by atoms with E-state index >= 15 is 0 Å². The molecule has 0 fully saturated rings. The second-order valence-corrected chi connectivity index (χ2v) is 3.94. The smallest absolute Gasteiger partial charge is 0.343 e. The van der Waals surface area contributed by atoms with Crippen LogP contribution in [0.1, 0.15) is 15.9 Å². The van der Waals surface area contributed by atoms with Crippen LogP contribution >= 0.6 is 0 Å². The molecular weight excluding hydrogens is 236 g/mol. The van der Waals surface area contributed by atoms with Crippen LogP contribution in [-0.4, -0.2) is 5.97 Å². The monoisotopic (exact) mass is 250 g/mol. The fraction of sp³-hybridized carbons (Fsp3) is 0. The third-order valence-corrected chi connectivity index (χ3v) is 2.79. The summed E-state index contributed by atoms with van der Waals surface area (Å²) in [7, 11) is 0. The summed E-state index contributed by atoms with van der Waals surface area (Å²) in [5.41, 5.74) is 3.36. The first-order valence-electron chi connectivity index (χ1n) is 5.90. The van der Waals surface area contributed by atoms with Crippen molar-refractivity contribution in [1.82, 2.24) is 0 Å². The minimum atomic E-state index is -0.404. The van der Waals surface area contributed by atoms with E-state index in [1.165, 1.54) is 0 Å². The molecule has 0 aliphatic rings. The maximum absolute atomic E-state index is 11.9. The van der Waals surface area contributed by atoms with Crippen molar-refractivity contribution in [3.05, 3.63) is 79.1 Å². The molecule has 0 amide bonds. The second kappa shape index (κ2) is 5.83. The van der Waals surface area contributed by atoms with Gasteiger partial charge >= 0.3 is 5.97 Å². The molecule has 2 heteroatoms. The molecule has 2 aromatic rings. The third-order valence-electron chi connectivity index (χ3n) is 2.79. The quantitative estimate of drug-likeness (QED) is 0.597. The molecule has 0 bridgehead atoms. The molecule has 0 aliphatic heterocycles. The molecule has 0 aromatic heterocycles. The van der Waals surface area contributed by atoms with Crippen LogP contribution in [0.25, 0.3) is 17.2 Å². The van der Waals surface area contributed by atoms with Crippen LogP contribution in [0.2, 0.25) is 0 Å². The Morgan fingerprint density at radius 1 is 1.00 bits per heavy atom. The summed E-state index contributed by atoms with van der Waals surface area (Å²) in [4.78, 5) is 11.9. The Balaban J connectivity index is 2.46. The number of hydrogen-bond donors (Lipinski definition) is 0. The minimum Gasteiger partial charge on any atom is -0.432 e. The van der Waals surface area contributed by atoms with Gasteiger partial charge in [-0.3, -0.25) is 0 Å². The summed E-state index contributed by atoms with van der Waals surface area (Å²) in [6.45, 7) is 7.12. The second-order valence-electron chi connectivity index (χ2n) is 3.94. The van der Waals surface area contributed by atoms with Crippen molar-refractivity contribution in [1.29, 1.82) is 0 Å². The Bertz CT molecular complexity index is 609. The Morgan fingerprint density at radius 2 is 1.68 bits per heavy atom. The maximum atomic E-state index is 11.9. The van der Waals surface area contributed by atoms with Crippen molar-refractivity contribution in [3.63, 3.8) is 0 Å². The van der Waals surface area contributed by atoms with E-state index in [-0.39, 0.29) is 0 Å². The molecule has 0 N–H and O–H groups in total. The summed E-state index contributed by atoms with van der Waals surface area (Å²) in [6.07, 6.45) is 2.92. The van der Waals surface area contributed by atoms with E-state index in [9.17, 15) is 4.79 Å². The molecule has 2 nitrogen and oxygen atoms in total. The Hall–Kier alpha value is -2.61. The molecule has 94 valence electrons. The van der Waals surface area contributed by atoms with E-state index in [0.717, 1.165) is 23.0 Å². The maximum Gasteiger partial charge on any atom is 0.343 e. The number of hydrogen-bond acceptors (Lipinski definition) is 2. The topological polar surface area (TPSA) is 26.3 Å². The van der Waals surface area contributed by atoms with Crippen LogP contribution in [-0.2, 0) is 4.74 Å². The van der Waals surface area contributed by atoms with Gasteiger partial charge in [-0.05, 0) is 22.8 Å². The van der Waals surface area contributed by atoms with Gasteiger partial charge in [0.25, 0.3) is 0 Å². The largest absolute Gasteiger partial charge is 0.432 e. The van der Waals surface area contributed by atoms with Crippen molar-refractivity contribution in [2.45, 2.75) is 0 Å². The fourth-order valence-electron chi connectivity index (χ4n) is 1.85. The molecule has 19 heavy (non-hydrogen) atoms. The van der Waals surface area contributed by atoms with Crippen molar-refractivity contribution in [3.8, 4) is 11.1 Å². The molecule has 2 rings (SSSR count). The molecule has 0 unspecified atom stereocenters. The number of benzene rings is 2. The summed E-state index contributed by atoms with van der Waals surface area (Å²) >= 11 is 0. The Labute approximate surface area is 112 Å². The van der Waals surface area contributed by atoms with E-state index in [2.05, 4.69) is 13.2 Å². The van der Waals surface area contributed by atoms with Crippen LogP contribution in [0, 0.1) is 0 Å². The molecule has 0 atom stereocenters. The Kier molecular flexibility index (Phi) is 3.94. The van der Waals surface area contributed by atoms with Crippen LogP contribution < -0.4 is 0 Å². The molecule has 0 aliphatic carbocycles. The zero-order chi connectivity index (χ0) is 13.7. The first-order chi connectivity index (χ1) is 9.26. The van der Waals surface area contributed by atoms with Crippen LogP contribution in [0.3, 0.4) is 0 Å². The highest BCUT2D eigenvalue weighted by Crippen LogP contribution is 2.25. The number of rotatable bonds is 4. The predicted octanol–water partition coefficient (Wildman–Crippen LogP) is 4.30. The Morgan fingerprint density at radius 3 is 2.32 bits per heavy atom. The highest BCUT2D eigenvalue weighted by atomic mass is 16.5. The van der Waals surface area contributed by atoms with E-state index in [0.29, 0.717) is 5.56 Å². The fourth-order valence-corrected chi connectivity index (χ4v) is 1.85.